The highest BCUT2D eigenvalue weighted by molar-refractivity contribution is 5.94. The molecule has 1 heterocycles. The van der Waals surface area contributed by atoms with Gasteiger partial charge in [0, 0.05) is 11.5 Å². The average Bonchev–Trinajstić information content (AvgIpc) is 2.98. The molecule has 3 rings (SSSR count). The SMILES string of the molecule is O=C(C#Cc1ccc(-c2ccccc2C(F)(F)F)cc1)N1C[C@@H](O)[C@@H](O)C1. The maximum absolute atomic E-state index is 13.1. The molecular weight excluding hydrogens is 359 g/mol. The Morgan fingerprint density at radius 2 is 1.59 bits per heavy atom. The van der Waals surface area contributed by atoms with Gasteiger partial charge in [0.05, 0.1) is 30.9 Å². The van der Waals surface area contributed by atoms with Crippen LogP contribution in [0.5, 0.6) is 0 Å². The highest BCUT2D eigenvalue weighted by Crippen LogP contribution is 2.36. The molecule has 0 spiro atoms. The molecule has 27 heavy (non-hydrogen) atoms. The van der Waals surface area contributed by atoms with Crippen molar-refractivity contribution in [1.29, 1.82) is 0 Å². The molecule has 7 heteroatoms. The zero-order valence-electron chi connectivity index (χ0n) is 14.1. The number of nitrogens with zero attached hydrogens (tertiary/aromatic N) is 1. The van der Waals surface area contributed by atoms with E-state index < -0.39 is 29.9 Å². The highest BCUT2D eigenvalue weighted by atomic mass is 19.4. The van der Waals surface area contributed by atoms with Gasteiger partial charge < -0.3 is 15.1 Å². The van der Waals surface area contributed by atoms with Crippen molar-refractivity contribution in [2.45, 2.75) is 18.4 Å². The lowest BCUT2D eigenvalue weighted by molar-refractivity contribution is -0.137. The van der Waals surface area contributed by atoms with Crippen molar-refractivity contribution in [3.05, 3.63) is 59.7 Å². The van der Waals surface area contributed by atoms with Crippen molar-refractivity contribution in [2.24, 2.45) is 0 Å². The van der Waals surface area contributed by atoms with E-state index in [0.29, 0.717) is 11.1 Å². The summed E-state index contributed by atoms with van der Waals surface area (Å²) in [6.45, 7) is 0.0314. The first-order valence-electron chi connectivity index (χ1n) is 8.19. The van der Waals surface area contributed by atoms with E-state index in [1.807, 2.05) is 0 Å². The summed E-state index contributed by atoms with van der Waals surface area (Å²) in [4.78, 5) is 13.2. The second-order valence-corrected chi connectivity index (χ2v) is 6.22. The fourth-order valence-corrected chi connectivity index (χ4v) is 2.86. The molecule has 1 aliphatic heterocycles. The normalized spacial score (nSPS) is 19.5. The minimum absolute atomic E-state index is 0.0157. The summed E-state index contributed by atoms with van der Waals surface area (Å²) < 4.78 is 39.4. The van der Waals surface area contributed by atoms with Crippen LogP contribution < -0.4 is 0 Å². The van der Waals surface area contributed by atoms with Gasteiger partial charge in [-0.05, 0) is 29.3 Å². The number of hydrogen-bond donors (Lipinski definition) is 2. The Morgan fingerprint density at radius 1 is 1.00 bits per heavy atom. The number of hydrogen-bond acceptors (Lipinski definition) is 3. The van der Waals surface area contributed by atoms with Crippen LogP contribution in [0, 0.1) is 11.8 Å². The predicted octanol–water partition coefficient (Wildman–Crippen LogP) is 2.29. The molecule has 2 N–H and O–H groups in total. The van der Waals surface area contributed by atoms with Crippen molar-refractivity contribution in [2.75, 3.05) is 13.1 Å². The van der Waals surface area contributed by atoms with E-state index in [9.17, 15) is 28.2 Å². The maximum Gasteiger partial charge on any atom is 0.417 e. The zero-order valence-corrected chi connectivity index (χ0v) is 14.1. The number of aliphatic hydroxyl groups excluding tert-OH is 2. The Hall–Kier alpha value is -2.82. The Morgan fingerprint density at radius 3 is 2.19 bits per heavy atom. The van der Waals surface area contributed by atoms with Crippen LogP contribution >= 0.6 is 0 Å². The van der Waals surface area contributed by atoms with E-state index in [-0.39, 0.29) is 18.7 Å². The lowest BCUT2D eigenvalue weighted by atomic mass is 9.98. The largest absolute Gasteiger partial charge is 0.417 e. The average molecular weight is 375 g/mol. The monoisotopic (exact) mass is 375 g/mol. The minimum Gasteiger partial charge on any atom is -0.388 e. The van der Waals surface area contributed by atoms with Crippen molar-refractivity contribution < 1.29 is 28.2 Å². The van der Waals surface area contributed by atoms with Gasteiger partial charge in [0.15, 0.2) is 0 Å². The fraction of sp³-hybridized carbons (Fsp3) is 0.250. The van der Waals surface area contributed by atoms with Crippen LogP contribution in [0.25, 0.3) is 11.1 Å². The third-order valence-electron chi connectivity index (χ3n) is 4.29. The number of halogens is 3. The first-order chi connectivity index (χ1) is 12.8. The summed E-state index contributed by atoms with van der Waals surface area (Å²) in [5.74, 6) is 4.53. The van der Waals surface area contributed by atoms with Crippen LogP contribution in [0.4, 0.5) is 13.2 Å². The molecule has 2 atom stereocenters. The van der Waals surface area contributed by atoms with Crippen LogP contribution in [0.15, 0.2) is 48.5 Å². The summed E-state index contributed by atoms with van der Waals surface area (Å²) in [7, 11) is 0. The van der Waals surface area contributed by atoms with Gasteiger partial charge in [-0.25, -0.2) is 0 Å². The summed E-state index contributed by atoms with van der Waals surface area (Å²) in [6, 6.07) is 11.4. The number of alkyl halides is 3. The smallest absolute Gasteiger partial charge is 0.388 e. The van der Waals surface area contributed by atoms with Gasteiger partial charge in [0.25, 0.3) is 5.91 Å². The lowest BCUT2D eigenvalue weighted by Gasteiger charge is -2.12. The molecule has 0 radical (unpaired) electrons. The molecule has 2 aromatic carbocycles. The number of carbonyl (C=O) groups excluding carboxylic acids is 1. The van der Waals surface area contributed by atoms with Gasteiger partial charge in [-0.2, -0.15) is 13.2 Å². The third-order valence-corrected chi connectivity index (χ3v) is 4.29. The number of likely N-dealkylation sites (tertiary alicyclic amines) is 1. The number of carbonyl (C=O) groups is 1. The van der Waals surface area contributed by atoms with Crippen LogP contribution in [0.1, 0.15) is 11.1 Å². The first kappa shape index (κ1) is 19.0. The van der Waals surface area contributed by atoms with E-state index in [2.05, 4.69) is 11.8 Å². The quantitative estimate of drug-likeness (QED) is 0.752. The van der Waals surface area contributed by atoms with Crippen molar-refractivity contribution in [1.82, 2.24) is 4.90 Å². The molecule has 1 saturated heterocycles. The number of amides is 1. The van der Waals surface area contributed by atoms with Gasteiger partial charge in [0.2, 0.25) is 0 Å². The fourth-order valence-electron chi connectivity index (χ4n) is 2.86. The van der Waals surface area contributed by atoms with Crippen LogP contribution in [-0.2, 0) is 11.0 Å². The number of benzene rings is 2. The molecule has 0 unspecified atom stereocenters. The molecule has 1 fully saturated rings. The minimum atomic E-state index is -4.45. The Kier molecular flexibility index (Phi) is 5.22. The Labute approximate surface area is 153 Å². The van der Waals surface area contributed by atoms with E-state index in [0.717, 1.165) is 6.07 Å². The molecule has 0 aromatic heterocycles. The van der Waals surface area contributed by atoms with Gasteiger partial charge in [-0.15, -0.1) is 0 Å². The van der Waals surface area contributed by atoms with E-state index >= 15 is 0 Å². The molecule has 4 nitrogen and oxygen atoms in total. The molecule has 0 saturated carbocycles. The Balaban J connectivity index is 1.77. The van der Waals surface area contributed by atoms with Gasteiger partial charge >= 0.3 is 6.18 Å². The standard InChI is InChI=1S/C20H16F3NO3/c21-20(22,23)16-4-2-1-3-15(16)14-8-5-13(6-9-14)7-10-19(27)24-11-17(25)18(26)12-24/h1-6,8-9,17-18,25-26H,11-12H2/t17-,18+. The van der Waals surface area contributed by atoms with Gasteiger partial charge in [0.1, 0.15) is 0 Å². The summed E-state index contributed by atoms with van der Waals surface area (Å²) in [5.41, 5.74) is 0.216. The van der Waals surface area contributed by atoms with Crippen molar-refractivity contribution in [3.8, 4) is 23.0 Å². The molecule has 0 bridgehead atoms. The van der Waals surface area contributed by atoms with Crippen LogP contribution in [0.3, 0.4) is 0 Å². The molecule has 140 valence electrons. The Bertz CT molecular complexity index is 887. The van der Waals surface area contributed by atoms with Crippen molar-refractivity contribution >= 4 is 5.91 Å². The van der Waals surface area contributed by atoms with Crippen molar-refractivity contribution in [3.63, 3.8) is 0 Å². The van der Waals surface area contributed by atoms with Crippen LogP contribution in [-0.4, -0.2) is 46.3 Å². The highest BCUT2D eigenvalue weighted by Gasteiger charge is 2.33. The summed E-state index contributed by atoms with van der Waals surface area (Å²) in [5, 5.41) is 18.9. The second kappa shape index (κ2) is 7.43. The molecule has 2 aromatic rings. The predicted molar refractivity (Wildman–Crippen MR) is 92.4 cm³/mol. The zero-order chi connectivity index (χ0) is 19.6. The van der Waals surface area contributed by atoms with Gasteiger partial charge in [-0.1, -0.05) is 36.3 Å². The molecule has 1 aliphatic rings. The number of aliphatic hydroxyl groups is 2. The van der Waals surface area contributed by atoms with E-state index in [4.69, 9.17) is 0 Å². The van der Waals surface area contributed by atoms with Crippen LogP contribution in [0.2, 0.25) is 0 Å². The lowest BCUT2D eigenvalue weighted by Crippen LogP contribution is -2.28. The number of β-amino-alcohol motifs (C(OH)–C–C–N with tert-alkyl or cyclic N) is 2. The summed E-state index contributed by atoms with van der Waals surface area (Å²) >= 11 is 0. The second-order valence-electron chi connectivity index (χ2n) is 6.22. The molecular formula is C20H16F3NO3. The maximum atomic E-state index is 13.1. The van der Waals surface area contributed by atoms with E-state index in [1.54, 1.807) is 0 Å². The first-order valence-corrected chi connectivity index (χ1v) is 8.19. The molecule has 0 aliphatic carbocycles. The number of rotatable bonds is 1. The van der Waals surface area contributed by atoms with E-state index in [1.165, 1.54) is 47.4 Å². The third kappa shape index (κ3) is 4.30. The summed E-state index contributed by atoms with van der Waals surface area (Å²) in [6.07, 6.45) is -6.42. The topological polar surface area (TPSA) is 60.8 Å². The van der Waals surface area contributed by atoms with Gasteiger partial charge in [-0.3, -0.25) is 4.79 Å². The molecule has 1 amide bonds.